The van der Waals surface area contributed by atoms with Crippen LogP contribution in [-0.4, -0.2) is 42.9 Å². The van der Waals surface area contributed by atoms with Crippen LogP contribution < -0.4 is 21.0 Å². The molecule has 4 nitrogen and oxygen atoms in total. The third kappa shape index (κ3) is 6.44. The molecule has 2 heterocycles. The van der Waals surface area contributed by atoms with E-state index in [1.165, 1.54) is 10.4 Å². The minimum absolute atomic E-state index is 0.00132. The van der Waals surface area contributed by atoms with Crippen LogP contribution in [0.2, 0.25) is 0 Å². The molecule has 0 atom stereocenters. The first-order chi connectivity index (χ1) is 16.2. The fourth-order valence-corrected chi connectivity index (χ4v) is 10.3. The molecule has 2 fully saturated rings. The van der Waals surface area contributed by atoms with Crippen molar-refractivity contribution in [2.45, 2.75) is 115 Å². The van der Waals surface area contributed by atoms with Gasteiger partial charge < -0.3 is 19.5 Å². The number of nitrogens with one attached hydrogen (secondary N) is 2. The number of rotatable bonds is 6. The lowest BCUT2D eigenvalue weighted by Crippen LogP contribution is -2.70. The van der Waals surface area contributed by atoms with Gasteiger partial charge in [0.1, 0.15) is 0 Å². The second-order valence-corrected chi connectivity index (χ2v) is 16.3. The van der Waals surface area contributed by atoms with E-state index in [0.717, 1.165) is 25.7 Å². The zero-order chi connectivity index (χ0) is 25.5. The fourth-order valence-electron chi connectivity index (χ4n) is 6.88. The summed E-state index contributed by atoms with van der Waals surface area (Å²) in [5.74, 6) is 0. The second kappa shape index (κ2) is 9.42. The maximum absolute atomic E-state index is 7.42. The topological polar surface area (TPSA) is 42.5 Å². The van der Waals surface area contributed by atoms with Gasteiger partial charge >= 0.3 is 8.56 Å². The first-order valence-corrected chi connectivity index (χ1v) is 15.1. The third-order valence-corrected chi connectivity index (χ3v) is 10.8. The van der Waals surface area contributed by atoms with Crippen LogP contribution >= 0.6 is 0 Å². The molecule has 2 aromatic rings. The monoisotopic (exact) mass is 494 g/mol. The molecule has 2 aliphatic rings. The van der Waals surface area contributed by atoms with Crippen LogP contribution in [-0.2, 0) is 8.85 Å². The summed E-state index contributed by atoms with van der Waals surface area (Å²) < 4.78 is 14.8. The van der Waals surface area contributed by atoms with Crippen molar-refractivity contribution in [3.8, 4) is 0 Å². The lowest BCUT2D eigenvalue weighted by Gasteiger charge is -2.51. The van der Waals surface area contributed by atoms with E-state index in [1.807, 2.05) is 0 Å². The van der Waals surface area contributed by atoms with Crippen molar-refractivity contribution >= 4 is 18.9 Å². The van der Waals surface area contributed by atoms with E-state index in [2.05, 4.69) is 127 Å². The SMILES string of the molecule is CC1(C)CC(O[Si](OC2CC(C)(C)NC(C)(C)C2)(c2ccccc2)c2ccccc2)CC(C)(C)N1. The van der Waals surface area contributed by atoms with Crippen LogP contribution in [0.4, 0.5) is 0 Å². The van der Waals surface area contributed by atoms with Gasteiger partial charge in [-0.2, -0.15) is 0 Å². The van der Waals surface area contributed by atoms with E-state index in [4.69, 9.17) is 8.85 Å². The molecule has 2 aliphatic heterocycles. The van der Waals surface area contributed by atoms with Crippen molar-refractivity contribution in [2.75, 3.05) is 0 Å². The molecule has 0 amide bonds. The van der Waals surface area contributed by atoms with Gasteiger partial charge in [0.15, 0.2) is 0 Å². The molecule has 192 valence electrons. The summed E-state index contributed by atoms with van der Waals surface area (Å²) in [4.78, 5) is 0. The molecule has 2 aromatic carbocycles. The standard InChI is InChI=1S/C30H46N2O2Si/c1-27(2)19-23(20-28(3,4)31-27)33-35(25-15-11-9-12-16-25,26-17-13-10-14-18-26)34-24-21-29(5,6)32-30(7,8)22-24/h9-18,23-24,31-32H,19-22H2,1-8H3. The Kier molecular flexibility index (Phi) is 7.15. The fraction of sp³-hybridized carbons (Fsp3) is 0.600. The highest BCUT2D eigenvalue weighted by Crippen LogP contribution is 2.35. The highest BCUT2D eigenvalue weighted by molar-refractivity contribution is 6.92. The summed E-state index contributed by atoms with van der Waals surface area (Å²) in [5, 5.41) is 10.0. The van der Waals surface area contributed by atoms with E-state index >= 15 is 0 Å². The van der Waals surface area contributed by atoms with Gasteiger partial charge in [0.25, 0.3) is 0 Å². The lowest BCUT2D eigenvalue weighted by molar-refractivity contribution is -0.000711. The van der Waals surface area contributed by atoms with E-state index in [9.17, 15) is 0 Å². The van der Waals surface area contributed by atoms with Gasteiger partial charge in [-0.25, -0.2) is 0 Å². The summed E-state index contributed by atoms with van der Waals surface area (Å²) in [5.41, 5.74) is -0.00527. The Balaban J connectivity index is 1.80. The Morgan fingerprint density at radius 1 is 0.543 bits per heavy atom. The van der Waals surface area contributed by atoms with Crippen molar-refractivity contribution in [2.24, 2.45) is 0 Å². The van der Waals surface area contributed by atoms with Crippen molar-refractivity contribution in [3.63, 3.8) is 0 Å². The van der Waals surface area contributed by atoms with Gasteiger partial charge in [-0.15, -0.1) is 0 Å². The van der Waals surface area contributed by atoms with Gasteiger partial charge in [-0.05, 0) is 91.4 Å². The summed E-state index contributed by atoms with van der Waals surface area (Å²) in [7, 11) is -3.03. The molecule has 0 radical (unpaired) electrons. The van der Waals surface area contributed by atoms with E-state index < -0.39 is 8.56 Å². The first-order valence-electron chi connectivity index (χ1n) is 13.2. The van der Waals surface area contributed by atoms with E-state index in [0.29, 0.717) is 0 Å². The van der Waals surface area contributed by atoms with Crippen LogP contribution in [0.1, 0.15) is 81.1 Å². The van der Waals surface area contributed by atoms with Gasteiger partial charge in [-0.3, -0.25) is 0 Å². The average molecular weight is 495 g/mol. The van der Waals surface area contributed by atoms with Crippen molar-refractivity contribution in [1.29, 1.82) is 0 Å². The zero-order valence-corrected chi connectivity index (χ0v) is 24.1. The van der Waals surface area contributed by atoms with E-state index in [1.54, 1.807) is 0 Å². The van der Waals surface area contributed by atoms with Gasteiger partial charge in [0.2, 0.25) is 0 Å². The van der Waals surface area contributed by atoms with Crippen molar-refractivity contribution in [1.82, 2.24) is 10.6 Å². The molecule has 0 unspecified atom stereocenters. The Morgan fingerprint density at radius 2 is 0.829 bits per heavy atom. The molecule has 35 heavy (non-hydrogen) atoms. The number of piperidine rings is 2. The van der Waals surface area contributed by atoms with E-state index in [-0.39, 0.29) is 34.4 Å². The van der Waals surface area contributed by atoms with Crippen LogP contribution in [0.15, 0.2) is 60.7 Å². The third-order valence-electron chi connectivity index (χ3n) is 7.28. The van der Waals surface area contributed by atoms with Gasteiger partial charge in [0.05, 0.1) is 12.2 Å². The molecule has 0 aromatic heterocycles. The summed E-state index contributed by atoms with van der Waals surface area (Å²) in [6.07, 6.45) is 4.04. The normalized spacial score (nSPS) is 24.2. The number of hydrogen-bond acceptors (Lipinski definition) is 4. The highest BCUT2D eigenvalue weighted by Gasteiger charge is 2.51. The molecule has 0 saturated carbocycles. The molecule has 2 saturated heterocycles. The zero-order valence-electron chi connectivity index (χ0n) is 23.1. The van der Waals surface area contributed by atoms with Gasteiger partial charge in [-0.1, -0.05) is 60.7 Å². The number of hydrogen-bond donors (Lipinski definition) is 2. The molecule has 0 bridgehead atoms. The Labute approximate surface area is 214 Å². The van der Waals surface area contributed by atoms with Crippen LogP contribution in [0.3, 0.4) is 0 Å². The Hall–Kier alpha value is -1.50. The van der Waals surface area contributed by atoms with Crippen molar-refractivity contribution in [3.05, 3.63) is 60.7 Å². The Bertz CT molecular complexity index is 874. The van der Waals surface area contributed by atoms with Crippen LogP contribution in [0, 0.1) is 0 Å². The highest BCUT2D eigenvalue weighted by atomic mass is 28.4. The second-order valence-electron chi connectivity index (χ2n) is 13.4. The minimum atomic E-state index is -3.03. The maximum Gasteiger partial charge on any atom is 0.407 e. The van der Waals surface area contributed by atoms with Crippen molar-refractivity contribution < 1.29 is 8.85 Å². The molecule has 0 aliphatic carbocycles. The predicted molar refractivity (Wildman–Crippen MR) is 149 cm³/mol. The maximum atomic E-state index is 7.42. The molecule has 2 N–H and O–H groups in total. The first kappa shape index (κ1) is 26.6. The predicted octanol–water partition coefficient (Wildman–Crippen LogP) is 4.89. The molecule has 5 heteroatoms. The molecular weight excluding hydrogens is 448 g/mol. The largest absolute Gasteiger partial charge is 0.407 e. The summed E-state index contributed by atoms with van der Waals surface area (Å²) >= 11 is 0. The molecular formula is C30H46N2O2Si. The lowest BCUT2D eigenvalue weighted by atomic mass is 9.81. The van der Waals surface area contributed by atoms with Gasteiger partial charge in [0, 0.05) is 22.2 Å². The Morgan fingerprint density at radius 3 is 1.11 bits per heavy atom. The summed E-state index contributed by atoms with van der Waals surface area (Å²) in [6.45, 7) is 18.3. The average Bonchev–Trinajstić information content (AvgIpc) is 2.70. The smallest absolute Gasteiger partial charge is 0.384 e. The quantitative estimate of drug-likeness (QED) is 0.561. The molecule has 4 rings (SSSR count). The summed E-state index contributed by atoms with van der Waals surface area (Å²) in [6, 6.07) is 21.5. The van der Waals surface area contributed by atoms with Crippen LogP contribution in [0.25, 0.3) is 0 Å². The van der Waals surface area contributed by atoms with Crippen LogP contribution in [0.5, 0.6) is 0 Å². The molecule has 0 spiro atoms. The number of benzene rings is 2. The minimum Gasteiger partial charge on any atom is -0.384 e.